The van der Waals surface area contributed by atoms with Crippen molar-refractivity contribution in [3.8, 4) is 5.75 Å². The highest BCUT2D eigenvalue weighted by atomic mass is 16.4. The Bertz CT molecular complexity index is 1940. The molecule has 0 radical (unpaired) electrons. The third-order valence-electron chi connectivity index (χ3n) is 13.6. The molecule has 2 bridgehead atoms. The van der Waals surface area contributed by atoms with E-state index in [0.717, 1.165) is 72.9 Å². The molecule has 8 unspecified atom stereocenters. The first-order chi connectivity index (χ1) is 26.3. The van der Waals surface area contributed by atoms with Gasteiger partial charge < -0.3 is 25.5 Å². The number of hydrogen-bond acceptors (Lipinski definition) is 5. The summed E-state index contributed by atoms with van der Waals surface area (Å²) in [5.74, 6) is -0.788. The molecule has 0 aromatic heterocycles. The number of aliphatic carboxylic acids is 1. The average molecular weight is 731 g/mol. The van der Waals surface area contributed by atoms with Crippen LogP contribution in [0.25, 0.3) is 11.8 Å². The molecule has 1 fully saturated rings. The van der Waals surface area contributed by atoms with Gasteiger partial charge in [-0.1, -0.05) is 111 Å². The Morgan fingerprint density at radius 2 is 1.63 bits per heavy atom. The summed E-state index contributed by atoms with van der Waals surface area (Å²) >= 11 is 0. The van der Waals surface area contributed by atoms with Crippen LogP contribution in [-0.2, 0) is 16.6 Å². The molecule has 8 atom stereocenters. The predicted molar refractivity (Wildman–Crippen MR) is 214 cm³/mol. The van der Waals surface area contributed by atoms with Crippen LogP contribution < -0.4 is 10.4 Å². The van der Waals surface area contributed by atoms with E-state index < -0.39 is 23.2 Å². The topological polar surface area (TPSA) is 118 Å². The Balaban J connectivity index is 1.20. The van der Waals surface area contributed by atoms with Gasteiger partial charge in [0.2, 0.25) is 0 Å². The second kappa shape index (κ2) is 17.1. The summed E-state index contributed by atoms with van der Waals surface area (Å²) < 4.78 is 0. The Morgan fingerprint density at radius 1 is 0.833 bits per heavy atom. The van der Waals surface area contributed by atoms with E-state index in [0.29, 0.717) is 24.5 Å². The standard InChI is InChI=1S/C48H58O6/c49-30-34-18-17-32(25-34)9-3-1-2-4-11-35-13-8-14-39(31-50)45(47(53)54)48(24-23-38-28-37-12-5-6-16-42(37)46(52)44(38)29-48)40-15-7-10-33(26-40)27-43(35)36-19-21-41(51)22-20-36/h5-8,10,12,14-16,19-22,25-26,28,32,35,38-39,43-45,49-52H,1-4,9,11,13,17-18,23-24,27,29-31H2,(H,53,54). The van der Waals surface area contributed by atoms with Gasteiger partial charge in [-0.2, -0.15) is 0 Å². The van der Waals surface area contributed by atoms with Crippen LogP contribution in [-0.4, -0.2) is 44.7 Å². The summed E-state index contributed by atoms with van der Waals surface area (Å²) in [6.45, 7) is -0.0795. The van der Waals surface area contributed by atoms with Gasteiger partial charge >= 0.3 is 5.97 Å². The zero-order chi connectivity index (χ0) is 37.7. The SMILES string of the molecule is O=C(O)C1C(CO)C=CCC(CCCCCCC2C=C(CO)CC2)C(c2ccc(O)cc2)Cc2cccc(c2)C12CCC1C=c3ccccc3=C(O)C1C2. The number of phenols is 1. The van der Waals surface area contributed by atoms with Crippen molar-refractivity contribution in [2.24, 2.45) is 35.5 Å². The first-order valence-electron chi connectivity index (χ1n) is 20.5. The second-order valence-electron chi connectivity index (χ2n) is 16.8. The van der Waals surface area contributed by atoms with E-state index in [1.165, 1.54) is 30.4 Å². The first kappa shape index (κ1) is 38.2. The number of carboxylic acids is 1. The molecule has 286 valence electrons. The van der Waals surface area contributed by atoms with Crippen molar-refractivity contribution >= 4 is 17.8 Å². The number of aromatic hydroxyl groups is 1. The predicted octanol–water partition coefficient (Wildman–Crippen LogP) is 8.09. The molecule has 4 aliphatic carbocycles. The Kier molecular flexibility index (Phi) is 12.1. The number of aliphatic hydroxyl groups is 3. The van der Waals surface area contributed by atoms with Gasteiger partial charge in [-0.15, -0.1) is 0 Å². The second-order valence-corrected chi connectivity index (χ2v) is 16.8. The van der Waals surface area contributed by atoms with Crippen LogP contribution in [0.15, 0.2) is 96.6 Å². The highest BCUT2D eigenvalue weighted by Gasteiger charge is 2.53. The van der Waals surface area contributed by atoms with E-state index >= 15 is 0 Å². The van der Waals surface area contributed by atoms with Gasteiger partial charge in [0.1, 0.15) is 11.5 Å². The van der Waals surface area contributed by atoms with Crippen LogP contribution in [0.3, 0.4) is 0 Å². The highest BCUT2D eigenvalue weighted by molar-refractivity contribution is 5.74. The minimum atomic E-state index is -0.904. The number of fused-ring (bicyclic) bond motifs is 5. The van der Waals surface area contributed by atoms with Crippen LogP contribution >= 0.6 is 0 Å². The van der Waals surface area contributed by atoms with Crippen molar-refractivity contribution in [2.75, 3.05) is 13.2 Å². The van der Waals surface area contributed by atoms with Gasteiger partial charge in [0.05, 0.1) is 19.1 Å². The molecule has 54 heavy (non-hydrogen) atoms. The van der Waals surface area contributed by atoms with E-state index in [-0.39, 0.29) is 42.6 Å². The Hall–Kier alpha value is -4.13. The smallest absolute Gasteiger partial charge is 0.308 e. The lowest BCUT2D eigenvalue weighted by Crippen LogP contribution is -2.51. The monoisotopic (exact) mass is 730 g/mol. The van der Waals surface area contributed by atoms with Crippen LogP contribution in [0.2, 0.25) is 0 Å². The number of phenolic OH excluding ortho intramolecular Hbond substituents is 1. The number of aliphatic hydroxyl groups excluding tert-OH is 3. The number of allylic oxidation sites excluding steroid dienone is 2. The summed E-state index contributed by atoms with van der Waals surface area (Å²) in [4.78, 5) is 13.6. The van der Waals surface area contributed by atoms with Crippen molar-refractivity contribution in [3.63, 3.8) is 0 Å². The van der Waals surface area contributed by atoms with Crippen molar-refractivity contribution in [3.05, 3.63) is 124 Å². The third-order valence-corrected chi connectivity index (χ3v) is 13.6. The molecule has 7 rings (SSSR count). The zero-order valence-corrected chi connectivity index (χ0v) is 31.5. The quantitative estimate of drug-likeness (QED) is 0.101. The summed E-state index contributed by atoms with van der Waals surface area (Å²) in [6, 6.07) is 24.2. The van der Waals surface area contributed by atoms with Crippen LogP contribution in [0, 0.1) is 35.5 Å². The Labute approximate surface area is 320 Å². The van der Waals surface area contributed by atoms with Crippen molar-refractivity contribution in [1.82, 2.24) is 0 Å². The Morgan fingerprint density at radius 3 is 2.39 bits per heavy atom. The fourth-order valence-electron chi connectivity index (χ4n) is 10.8. The van der Waals surface area contributed by atoms with E-state index in [1.54, 1.807) is 12.1 Å². The molecule has 3 aromatic carbocycles. The summed E-state index contributed by atoms with van der Waals surface area (Å²) in [5, 5.41) is 55.4. The molecule has 1 saturated carbocycles. The maximum Gasteiger partial charge on any atom is 0.308 e. The first-order valence-corrected chi connectivity index (χ1v) is 20.5. The third kappa shape index (κ3) is 8.11. The fraction of sp³-hybridized carbons (Fsp3) is 0.479. The molecule has 0 amide bonds. The molecule has 1 spiro atoms. The van der Waals surface area contributed by atoms with Gasteiger partial charge in [-0.05, 0) is 121 Å². The van der Waals surface area contributed by atoms with Gasteiger partial charge in [-0.3, -0.25) is 4.79 Å². The van der Waals surface area contributed by atoms with E-state index in [4.69, 9.17) is 0 Å². The van der Waals surface area contributed by atoms with Gasteiger partial charge in [0.15, 0.2) is 0 Å². The number of unbranched alkanes of at least 4 members (excludes halogenated alkanes) is 3. The van der Waals surface area contributed by atoms with E-state index in [9.17, 15) is 30.3 Å². The van der Waals surface area contributed by atoms with Crippen LogP contribution in [0.1, 0.15) is 99.7 Å². The molecule has 0 saturated heterocycles. The molecule has 3 aromatic rings. The van der Waals surface area contributed by atoms with E-state index in [1.807, 2.05) is 30.3 Å². The molecule has 0 heterocycles. The molecule has 6 heteroatoms. The van der Waals surface area contributed by atoms with Crippen LogP contribution in [0.4, 0.5) is 0 Å². The minimum Gasteiger partial charge on any atom is -0.511 e. The molecular formula is C48H58O6. The lowest BCUT2D eigenvalue weighted by molar-refractivity contribution is -0.148. The largest absolute Gasteiger partial charge is 0.511 e. The molecule has 4 aliphatic rings. The summed E-state index contributed by atoms with van der Waals surface area (Å²) in [5.41, 5.74) is 3.72. The number of hydrogen-bond donors (Lipinski definition) is 5. The summed E-state index contributed by atoms with van der Waals surface area (Å²) in [6.07, 6.45) is 21.1. The number of benzene rings is 3. The lowest BCUT2D eigenvalue weighted by atomic mass is 9.53. The molecule has 5 N–H and O–H groups in total. The van der Waals surface area contributed by atoms with Gasteiger partial charge in [0.25, 0.3) is 0 Å². The average Bonchev–Trinajstić information content (AvgIpc) is 3.65. The number of rotatable bonds is 11. The molecule has 0 aliphatic heterocycles. The number of carboxylic acid groups (broad SMARTS) is 1. The highest BCUT2D eigenvalue weighted by Crippen LogP contribution is 2.54. The molecular weight excluding hydrogens is 673 g/mol. The van der Waals surface area contributed by atoms with Gasteiger partial charge in [-0.25, -0.2) is 0 Å². The molecule has 6 nitrogen and oxygen atoms in total. The van der Waals surface area contributed by atoms with Crippen molar-refractivity contribution < 1.29 is 30.3 Å². The van der Waals surface area contributed by atoms with E-state index in [2.05, 4.69) is 54.6 Å². The van der Waals surface area contributed by atoms with Gasteiger partial charge in [0, 0.05) is 22.5 Å². The van der Waals surface area contributed by atoms with Crippen molar-refractivity contribution in [2.45, 2.75) is 94.8 Å². The minimum absolute atomic E-state index is 0.117. The van der Waals surface area contributed by atoms with Crippen LogP contribution in [0.5, 0.6) is 5.75 Å². The van der Waals surface area contributed by atoms with Crippen molar-refractivity contribution in [1.29, 1.82) is 0 Å². The lowest BCUT2D eigenvalue weighted by Gasteiger charge is -2.49. The maximum atomic E-state index is 13.6. The maximum absolute atomic E-state index is 13.6. The normalized spacial score (nSPS) is 29.3. The zero-order valence-electron chi connectivity index (χ0n) is 31.5. The fourth-order valence-corrected chi connectivity index (χ4v) is 10.8. The summed E-state index contributed by atoms with van der Waals surface area (Å²) in [7, 11) is 0. The number of carbonyl (C=O) groups is 1.